The van der Waals surface area contributed by atoms with E-state index < -0.39 is 17.8 Å². The van der Waals surface area contributed by atoms with E-state index in [0.29, 0.717) is 0 Å². The first kappa shape index (κ1) is 14.3. The lowest BCUT2D eigenvalue weighted by molar-refractivity contribution is 0.0931. The van der Waals surface area contributed by atoms with Gasteiger partial charge in [0.25, 0.3) is 5.91 Å². The summed E-state index contributed by atoms with van der Waals surface area (Å²) in [6.45, 7) is 0. The van der Waals surface area contributed by atoms with E-state index in [-0.39, 0.29) is 11.6 Å². The van der Waals surface area contributed by atoms with E-state index in [1.807, 2.05) is 0 Å². The lowest BCUT2D eigenvalue weighted by atomic mass is 9.96. The minimum atomic E-state index is -0.679. The highest BCUT2D eigenvalue weighted by molar-refractivity contribution is 5.95. The van der Waals surface area contributed by atoms with Gasteiger partial charge in [-0.1, -0.05) is 31.4 Å². The fourth-order valence-electron chi connectivity index (χ4n) is 2.29. The van der Waals surface area contributed by atoms with Crippen molar-refractivity contribution in [3.8, 4) is 0 Å². The van der Waals surface area contributed by atoms with Crippen molar-refractivity contribution in [2.75, 3.05) is 0 Å². The standard InChI is InChI=1S/C14H18FN3O2/c15-12-9-5-4-8-11(12)13(19)17-18-14(20)16-10-6-2-1-3-7-10/h4-5,8-10H,1-3,6-7H2,(H,17,19)(H2,16,18,20). The monoisotopic (exact) mass is 279 g/mol. The van der Waals surface area contributed by atoms with Crippen molar-refractivity contribution in [3.63, 3.8) is 0 Å². The van der Waals surface area contributed by atoms with Crippen LogP contribution < -0.4 is 16.2 Å². The van der Waals surface area contributed by atoms with Crippen LogP contribution in [0.2, 0.25) is 0 Å². The smallest absolute Gasteiger partial charge is 0.333 e. The van der Waals surface area contributed by atoms with Crippen molar-refractivity contribution in [1.82, 2.24) is 16.2 Å². The fourth-order valence-corrected chi connectivity index (χ4v) is 2.29. The molecular formula is C14H18FN3O2. The van der Waals surface area contributed by atoms with Crippen molar-refractivity contribution in [3.05, 3.63) is 35.6 Å². The van der Waals surface area contributed by atoms with Gasteiger partial charge in [0, 0.05) is 6.04 Å². The van der Waals surface area contributed by atoms with Gasteiger partial charge in [0.2, 0.25) is 0 Å². The molecule has 2 rings (SSSR count). The molecule has 1 aromatic rings. The molecule has 0 spiro atoms. The average molecular weight is 279 g/mol. The summed E-state index contributed by atoms with van der Waals surface area (Å²) in [6, 6.07) is 5.27. The van der Waals surface area contributed by atoms with E-state index in [1.165, 1.54) is 24.6 Å². The Kier molecular flexibility index (Phi) is 4.92. The minimum absolute atomic E-state index is 0.106. The number of hydrogen-bond donors (Lipinski definition) is 3. The number of nitrogens with one attached hydrogen (secondary N) is 3. The van der Waals surface area contributed by atoms with Crippen LogP contribution >= 0.6 is 0 Å². The number of carbonyl (C=O) groups is 2. The van der Waals surface area contributed by atoms with Gasteiger partial charge in [0.05, 0.1) is 5.56 Å². The molecule has 0 heterocycles. The zero-order chi connectivity index (χ0) is 14.4. The molecular weight excluding hydrogens is 261 g/mol. The van der Waals surface area contributed by atoms with Crippen LogP contribution in [-0.4, -0.2) is 18.0 Å². The first-order chi connectivity index (χ1) is 9.66. The number of halogens is 1. The van der Waals surface area contributed by atoms with E-state index in [1.54, 1.807) is 6.07 Å². The molecule has 1 fully saturated rings. The number of hydrazine groups is 1. The maximum atomic E-state index is 13.3. The van der Waals surface area contributed by atoms with Crippen molar-refractivity contribution in [2.45, 2.75) is 38.1 Å². The largest absolute Gasteiger partial charge is 0.334 e. The summed E-state index contributed by atoms with van der Waals surface area (Å²) in [5, 5.41) is 2.78. The Labute approximate surface area is 116 Å². The maximum Gasteiger partial charge on any atom is 0.333 e. The molecule has 0 aromatic heterocycles. The highest BCUT2D eigenvalue weighted by Gasteiger charge is 2.16. The van der Waals surface area contributed by atoms with Crippen LogP contribution in [0.3, 0.4) is 0 Å². The van der Waals surface area contributed by atoms with E-state index >= 15 is 0 Å². The van der Waals surface area contributed by atoms with E-state index in [2.05, 4.69) is 16.2 Å². The summed E-state index contributed by atoms with van der Waals surface area (Å²) in [5.41, 5.74) is 4.32. The fraction of sp³-hybridized carbons (Fsp3) is 0.429. The van der Waals surface area contributed by atoms with Gasteiger partial charge in [0.1, 0.15) is 5.82 Å². The van der Waals surface area contributed by atoms with Gasteiger partial charge < -0.3 is 5.32 Å². The number of hydrogen-bond acceptors (Lipinski definition) is 2. The summed E-state index contributed by atoms with van der Waals surface area (Å²) >= 11 is 0. The molecule has 0 unspecified atom stereocenters. The van der Waals surface area contributed by atoms with Crippen molar-refractivity contribution in [1.29, 1.82) is 0 Å². The molecule has 6 heteroatoms. The summed E-state index contributed by atoms with van der Waals surface area (Å²) in [7, 11) is 0. The third-order valence-electron chi connectivity index (χ3n) is 3.35. The maximum absolute atomic E-state index is 13.3. The number of benzene rings is 1. The normalized spacial score (nSPS) is 15.4. The summed E-state index contributed by atoms with van der Waals surface area (Å²) in [4.78, 5) is 23.3. The average Bonchev–Trinajstić information content (AvgIpc) is 2.46. The number of urea groups is 1. The minimum Gasteiger partial charge on any atom is -0.334 e. The molecule has 0 saturated heterocycles. The van der Waals surface area contributed by atoms with Crippen LogP contribution in [0.4, 0.5) is 9.18 Å². The number of amides is 3. The predicted octanol–water partition coefficient (Wildman–Crippen LogP) is 2.10. The molecule has 5 nitrogen and oxygen atoms in total. The zero-order valence-electron chi connectivity index (χ0n) is 11.1. The zero-order valence-corrected chi connectivity index (χ0v) is 11.1. The third-order valence-corrected chi connectivity index (χ3v) is 3.35. The molecule has 0 bridgehead atoms. The van der Waals surface area contributed by atoms with E-state index in [0.717, 1.165) is 25.7 Å². The Morgan fingerprint density at radius 1 is 1.05 bits per heavy atom. The van der Waals surface area contributed by atoms with Crippen LogP contribution in [0, 0.1) is 5.82 Å². The molecule has 3 N–H and O–H groups in total. The highest BCUT2D eigenvalue weighted by Crippen LogP contribution is 2.17. The molecule has 108 valence electrons. The van der Waals surface area contributed by atoms with E-state index in [4.69, 9.17) is 0 Å². The summed E-state index contributed by atoms with van der Waals surface area (Å²) in [6.07, 6.45) is 5.31. The molecule has 1 aliphatic rings. The van der Waals surface area contributed by atoms with Crippen molar-refractivity contribution < 1.29 is 14.0 Å². The lowest BCUT2D eigenvalue weighted by Gasteiger charge is -2.22. The van der Waals surface area contributed by atoms with Crippen molar-refractivity contribution in [2.24, 2.45) is 0 Å². The van der Waals surface area contributed by atoms with Gasteiger partial charge in [-0.15, -0.1) is 0 Å². The molecule has 20 heavy (non-hydrogen) atoms. The van der Waals surface area contributed by atoms with Crippen LogP contribution in [0.25, 0.3) is 0 Å². The van der Waals surface area contributed by atoms with Gasteiger partial charge in [-0.05, 0) is 25.0 Å². The van der Waals surface area contributed by atoms with Crippen LogP contribution in [0.1, 0.15) is 42.5 Å². The molecule has 0 atom stereocenters. The highest BCUT2D eigenvalue weighted by atomic mass is 19.1. The van der Waals surface area contributed by atoms with Crippen LogP contribution in [-0.2, 0) is 0 Å². The molecule has 0 radical (unpaired) electrons. The Bertz CT molecular complexity index is 487. The van der Waals surface area contributed by atoms with Crippen LogP contribution in [0.15, 0.2) is 24.3 Å². The first-order valence-electron chi connectivity index (χ1n) is 6.78. The van der Waals surface area contributed by atoms with Gasteiger partial charge in [-0.25, -0.2) is 14.6 Å². The van der Waals surface area contributed by atoms with Crippen molar-refractivity contribution >= 4 is 11.9 Å². The Balaban J connectivity index is 1.78. The van der Waals surface area contributed by atoms with Crippen LogP contribution in [0.5, 0.6) is 0 Å². The molecule has 1 saturated carbocycles. The molecule has 3 amide bonds. The summed E-state index contributed by atoms with van der Waals surface area (Å²) in [5.74, 6) is -1.30. The second kappa shape index (κ2) is 6.88. The summed E-state index contributed by atoms with van der Waals surface area (Å²) < 4.78 is 13.3. The van der Waals surface area contributed by atoms with E-state index in [9.17, 15) is 14.0 Å². The second-order valence-electron chi connectivity index (χ2n) is 4.87. The lowest BCUT2D eigenvalue weighted by Crippen LogP contribution is -2.50. The third kappa shape index (κ3) is 3.94. The molecule has 1 aromatic carbocycles. The number of rotatable bonds is 2. The second-order valence-corrected chi connectivity index (χ2v) is 4.87. The van der Waals surface area contributed by atoms with Gasteiger partial charge in [-0.2, -0.15) is 0 Å². The number of carbonyl (C=O) groups excluding carboxylic acids is 2. The molecule has 1 aliphatic carbocycles. The Morgan fingerprint density at radius 3 is 2.45 bits per heavy atom. The van der Waals surface area contributed by atoms with Gasteiger partial charge in [-0.3, -0.25) is 10.2 Å². The van der Waals surface area contributed by atoms with Gasteiger partial charge >= 0.3 is 6.03 Å². The Morgan fingerprint density at radius 2 is 1.75 bits per heavy atom. The molecule has 0 aliphatic heterocycles. The quantitative estimate of drug-likeness (QED) is 0.726. The SMILES string of the molecule is O=C(NNC(=O)c1ccccc1F)NC1CCCCC1. The Hall–Kier alpha value is -2.11. The first-order valence-corrected chi connectivity index (χ1v) is 6.78. The topological polar surface area (TPSA) is 70.2 Å². The predicted molar refractivity (Wildman–Crippen MR) is 72.4 cm³/mol. The van der Waals surface area contributed by atoms with Gasteiger partial charge in [0.15, 0.2) is 0 Å².